The summed E-state index contributed by atoms with van der Waals surface area (Å²) in [5.41, 5.74) is 5.12. The minimum Gasteiger partial charge on any atom is -0.390 e. The van der Waals surface area contributed by atoms with Crippen molar-refractivity contribution in [2.45, 2.75) is 20.3 Å². The van der Waals surface area contributed by atoms with Gasteiger partial charge in [-0.05, 0) is 6.42 Å². The van der Waals surface area contributed by atoms with Crippen LogP contribution in [-0.2, 0) is 4.74 Å². The molecule has 1 rings (SSSR count). The third kappa shape index (κ3) is 6.86. The van der Waals surface area contributed by atoms with Crippen LogP contribution in [0.4, 0.5) is 0 Å². The van der Waals surface area contributed by atoms with Crippen LogP contribution >= 0.6 is 0 Å². The van der Waals surface area contributed by atoms with Crippen molar-refractivity contribution >= 4 is 6.34 Å². The molecule has 0 unspecified atom stereocenters. The van der Waals surface area contributed by atoms with Gasteiger partial charge in [-0.3, -0.25) is 9.89 Å². The lowest BCUT2D eigenvalue weighted by Crippen LogP contribution is -2.37. The van der Waals surface area contributed by atoms with Crippen LogP contribution < -0.4 is 5.73 Å². The highest BCUT2D eigenvalue weighted by Crippen LogP contribution is 1.97. The second-order valence-electron chi connectivity index (χ2n) is 2.86. The number of hydrogen-bond donors (Lipinski definition) is 1. The van der Waals surface area contributed by atoms with Crippen LogP contribution in [0.3, 0.4) is 0 Å². The number of nitrogens with zero attached hydrogens (tertiary/aromatic N) is 2. The molecule has 1 aliphatic heterocycles. The molecule has 0 atom stereocenters. The Labute approximate surface area is 87.1 Å². The molecule has 0 aliphatic carbocycles. The average Bonchev–Trinajstić information content (AvgIpc) is 2.29. The highest BCUT2D eigenvalue weighted by Gasteiger charge is 2.08. The van der Waals surface area contributed by atoms with Gasteiger partial charge in [0, 0.05) is 26.2 Å². The maximum Gasteiger partial charge on any atom is 0.0797 e. The predicted molar refractivity (Wildman–Crippen MR) is 60.8 cm³/mol. The van der Waals surface area contributed by atoms with Crippen molar-refractivity contribution in [1.82, 2.24) is 4.90 Å². The van der Waals surface area contributed by atoms with Crippen LogP contribution in [0.25, 0.3) is 0 Å². The van der Waals surface area contributed by atoms with Gasteiger partial charge < -0.3 is 10.5 Å². The lowest BCUT2D eigenvalue weighted by atomic mass is 10.3. The zero-order chi connectivity index (χ0) is 10.6. The Bertz CT molecular complexity index is 133. The Morgan fingerprint density at radius 2 is 2.00 bits per heavy atom. The van der Waals surface area contributed by atoms with Crippen molar-refractivity contribution in [1.29, 1.82) is 0 Å². The summed E-state index contributed by atoms with van der Waals surface area (Å²) in [6, 6.07) is 0. The summed E-state index contributed by atoms with van der Waals surface area (Å²) in [7, 11) is 0. The van der Waals surface area contributed by atoms with E-state index >= 15 is 0 Å². The van der Waals surface area contributed by atoms with Crippen LogP contribution in [0.5, 0.6) is 0 Å². The standard InChI is InChI=1S/C8H17N3O.C2H6/c9-8-10-2-1-3-11-4-6-12-7-5-11;1-2/h8H,1-7H2,(H2,9,10);1-2H3. The van der Waals surface area contributed by atoms with Crippen molar-refractivity contribution in [3.05, 3.63) is 0 Å². The van der Waals surface area contributed by atoms with Gasteiger partial charge in [-0.15, -0.1) is 0 Å². The highest BCUT2D eigenvalue weighted by atomic mass is 16.5. The zero-order valence-corrected chi connectivity index (χ0v) is 9.41. The molecule has 2 N–H and O–H groups in total. The van der Waals surface area contributed by atoms with Gasteiger partial charge in [-0.25, -0.2) is 0 Å². The quantitative estimate of drug-likeness (QED) is 0.414. The van der Waals surface area contributed by atoms with E-state index in [-0.39, 0.29) is 0 Å². The molecule has 0 aromatic rings. The van der Waals surface area contributed by atoms with Crippen molar-refractivity contribution in [3.63, 3.8) is 0 Å². The Hall–Kier alpha value is -0.610. The normalized spacial score (nSPS) is 17.9. The van der Waals surface area contributed by atoms with Crippen LogP contribution in [0.15, 0.2) is 4.99 Å². The predicted octanol–water partition coefficient (Wildman–Crippen LogP) is 0.722. The molecule has 0 amide bonds. The Kier molecular flexibility index (Phi) is 10.0. The monoisotopic (exact) mass is 201 g/mol. The van der Waals surface area contributed by atoms with Gasteiger partial charge in [0.05, 0.1) is 19.6 Å². The molecule has 4 nitrogen and oxygen atoms in total. The summed E-state index contributed by atoms with van der Waals surface area (Å²) in [6.45, 7) is 9.83. The van der Waals surface area contributed by atoms with Crippen molar-refractivity contribution in [2.75, 3.05) is 39.4 Å². The lowest BCUT2D eigenvalue weighted by Gasteiger charge is -2.26. The summed E-state index contributed by atoms with van der Waals surface area (Å²) in [5, 5.41) is 0. The molecule has 1 fully saturated rings. The number of nitrogens with two attached hydrogens (primary N) is 1. The molecule has 14 heavy (non-hydrogen) atoms. The summed E-state index contributed by atoms with van der Waals surface area (Å²) < 4.78 is 5.24. The van der Waals surface area contributed by atoms with E-state index in [1.165, 1.54) is 6.34 Å². The fraction of sp³-hybridized carbons (Fsp3) is 0.900. The van der Waals surface area contributed by atoms with Crippen molar-refractivity contribution in [2.24, 2.45) is 10.7 Å². The smallest absolute Gasteiger partial charge is 0.0797 e. The third-order valence-electron chi connectivity index (χ3n) is 1.97. The zero-order valence-electron chi connectivity index (χ0n) is 9.41. The minimum absolute atomic E-state index is 0.841. The first-order valence-electron chi connectivity index (χ1n) is 5.43. The maximum atomic E-state index is 5.24. The van der Waals surface area contributed by atoms with E-state index in [0.717, 1.165) is 45.8 Å². The second kappa shape index (κ2) is 10.5. The summed E-state index contributed by atoms with van der Waals surface area (Å²) in [5.74, 6) is 0. The van der Waals surface area contributed by atoms with Gasteiger partial charge in [0.2, 0.25) is 0 Å². The van der Waals surface area contributed by atoms with E-state index in [1.807, 2.05) is 13.8 Å². The molecule has 0 bridgehead atoms. The Morgan fingerprint density at radius 3 is 2.57 bits per heavy atom. The largest absolute Gasteiger partial charge is 0.390 e. The van der Waals surface area contributed by atoms with Crippen LogP contribution in [0, 0.1) is 0 Å². The van der Waals surface area contributed by atoms with Gasteiger partial charge in [0.1, 0.15) is 0 Å². The van der Waals surface area contributed by atoms with Gasteiger partial charge in [-0.2, -0.15) is 0 Å². The van der Waals surface area contributed by atoms with Gasteiger partial charge in [-0.1, -0.05) is 13.8 Å². The van der Waals surface area contributed by atoms with E-state index in [9.17, 15) is 0 Å². The molecule has 0 radical (unpaired) electrons. The lowest BCUT2D eigenvalue weighted by molar-refractivity contribution is 0.0377. The molecule has 84 valence electrons. The molecule has 0 spiro atoms. The number of aliphatic imine (C=N–C) groups is 1. The first-order chi connectivity index (χ1) is 6.93. The van der Waals surface area contributed by atoms with E-state index < -0.39 is 0 Å². The molecule has 4 heteroatoms. The van der Waals surface area contributed by atoms with Gasteiger partial charge >= 0.3 is 0 Å². The maximum absolute atomic E-state index is 5.24. The Morgan fingerprint density at radius 1 is 1.36 bits per heavy atom. The number of ether oxygens (including phenoxy) is 1. The minimum atomic E-state index is 0.841. The fourth-order valence-electron chi connectivity index (χ4n) is 1.28. The highest BCUT2D eigenvalue weighted by molar-refractivity contribution is 5.50. The molecule has 1 saturated heterocycles. The van der Waals surface area contributed by atoms with E-state index in [0.29, 0.717) is 0 Å². The van der Waals surface area contributed by atoms with E-state index in [1.54, 1.807) is 0 Å². The van der Waals surface area contributed by atoms with Crippen molar-refractivity contribution < 1.29 is 4.74 Å². The van der Waals surface area contributed by atoms with Gasteiger partial charge in [0.25, 0.3) is 0 Å². The van der Waals surface area contributed by atoms with E-state index in [4.69, 9.17) is 10.5 Å². The number of rotatable bonds is 4. The SMILES string of the molecule is CC.NC=NCCCN1CCOCC1. The summed E-state index contributed by atoms with van der Waals surface area (Å²) >= 11 is 0. The molecular formula is C10H23N3O. The third-order valence-corrected chi connectivity index (χ3v) is 1.97. The molecule has 1 aliphatic rings. The van der Waals surface area contributed by atoms with Crippen LogP contribution in [0.1, 0.15) is 20.3 Å². The number of morpholine rings is 1. The first-order valence-corrected chi connectivity index (χ1v) is 5.43. The molecule has 0 aromatic heterocycles. The van der Waals surface area contributed by atoms with Crippen molar-refractivity contribution in [3.8, 4) is 0 Å². The molecule has 1 heterocycles. The molecule has 0 aromatic carbocycles. The van der Waals surface area contributed by atoms with E-state index in [2.05, 4.69) is 9.89 Å². The summed E-state index contributed by atoms with van der Waals surface area (Å²) in [4.78, 5) is 6.35. The topological polar surface area (TPSA) is 50.8 Å². The molecule has 0 saturated carbocycles. The van der Waals surface area contributed by atoms with Crippen LogP contribution in [-0.4, -0.2) is 50.6 Å². The van der Waals surface area contributed by atoms with Gasteiger partial charge in [0.15, 0.2) is 0 Å². The number of hydrogen-bond acceptors (Lipinski definition) is 3. The average molecular weight is 201 g/mol. The Balaban J connectivity index is 0.000000791. The molecular weight excluding hydrogens is 178 g/mol. The first kappa shape index (κ1) is 13.4. The second-order valence-corrected chi connectivity index (χ2v) is 2.86. The fourth-order valence-corrected chi connectivity index (χ4v) is 1.28. The van der Waals surface area contributed by atoms with Crippen LogP contribution in [0.2, 0.25) is 0 Å². The summed E-state index contributed by atoms with van der Waals surface area (Å²) in [6.07, 6.45) is 2.47.